The number of hydrogen-bond donors (Lipinski definition) is 2. The van der Waals surface area contributed by atoms with Crippen molar-refractivity contribution in [1.29, 1.82) is 0 Å². The zero-order chi connectivity index (χ0) is 17.1. The van der Waals surface area contributed by atoms with Crippen LogP contribution in [0.5, 0.6) is 0 Å². The predicted molar refractivity (Wildman–Crippen MR) is 94.1 cm³/mol. The molecule has 5 heteroatoms. The number of ether oxygens (including phenoxy) is 1. The number of rotatable bonds is 4. The normalized spacial score (nSPS) is 26.6. The predicted octanol–water partition coefficient (Wildman–Crippen LogP) is 3.63. The number of furan rings is 1. The Hall–Kier alpha value is -2.27. The highest BCUT2D eigenvalue weighted by Gasteiger charge is 2.38. The summed E-state index contributed by atoms with van der Waals surface area (Å²) in [5, 5.41) is 6.26. The van der Waals surface area contributed by atoms with Gasteiger partial charge in [0.1, 0.15) is 11.8 Å². The van der Waals surface area contributed by atoms with Crippen LogP contribution in [0.25, 0.3) is 0 Å². The largest absolute Gasteiger partial charge is 0.467 e. The lowest BCUT2D eigenvalue weighted by Gasteiger charge is -2.33. The second-order valence-electron chi connectivity index (χ2n) is 6.88. The Kier molecular flexibility index (Phi) is 4.74. The van der Waals surface area contributed by atoms with Crippen molar-refractivity contribution in [2.75, 3.05) is 6.61 Å². The summed E-state index contributed by atoms with van der Waals surface area (Å²) in [5.74, 6) is 1.17. The van der Waals surface area contributed by atoms with Crippen molar-refractivity contribution >= 4 is 6.03 Å². The van der Waals surface area contributed by atoms with Crippen LogP contribution in [0.2, 0.25) is 0 Å². The molecule has 2 N–H and O–H groups in total. The van der Waals surface area contributed by atoms with E-state index in [1.54, 1.807) is 6.26 Å². The van der Waals surface area contributed by atoms with Gasteiger partial charge in [-0.15, -0.1) is 0 Å². The number of benzene rings is 1. The summed E-state index contributed by atoms with van der Waals surface area (Å²) in [5.41, 5.74) is 0.998. The molecular weight excluding hydrogens is 316 g/mol. The van der Waals surface area contributed by atoms with Crippen LogP contribution in [0, 0.1) is 5.92 Å². The van der Waals surface area contributed by atoms with Gasteiger partial charge in [0.05, 0.1) is 12.4 Å². The quantitative estimate of drug-likeness (QED) is 0.893. The highest BCUT2D eigenvalue weighted by molar-refractivity contribution is 5.75. The van der Waals surface area contributed by atoms with Gasteiger partial charge in [-0.25, -0.2) is 4.79 Å². The van der Waals surface area contributed by atoms with Crippen molar-refractivity contribution in [2.24, 2.45) is 5.92 Å². The van der Waals surface area contributed by atoms with Crippen LogP contribution in [-0.2, 0) is 4.74 Å². The van der Waals surface area contributed by atoms with Crippen LogP contribution in [0.4, 0.5) is 4.79 Å². The van der Waals surface area contributed by atoms with Gasteiger partial charge in [0.2, 0.25) is 0 Å². The molecule has 0 bridgehead atoms. The minimum atomic E-state index is -0.296. The summed E-state index contributed by atoms with van der Waals surface area (Å²) in [4.78, 5) is 12.7. The molecule has 2 fully saturated rings. The number of carbonyl (C=O) groups is 1. The fourth-order valence-corrected chi connectivity index (χ4v) is 4.12. The van der Waals surface area contributed by atoms with E-state index in [4.69, 9.17) is 9.15 Å². The number of amides is 2. The van der Waals surface area contributed by atoms with E-state index in [-0.39, 0.29) is 18.1 Å². The van der Waals surface area contributed by atoms with E-state index in [0.717, 1.165) is 43.6 Å². The first-order valence-electron chi connectivity index (χ1n) is 9.08. The van der Waals surface area contributed by atoms with Gasteiger partial charge < -0.3 is 19.8 Å². The van der Waals surface area contributed by atoms with Crippen molar-refractivity contribution in [2.45, 2.75) is 43.9 Å². The Morgan fingerprint density at radius 1 is 1.08 bits per heavy atom. The Balaban J connectivity index is 1.46. The summed E-state index contributed by atoms with van der Waals surface area (Å²) >= 11 is 0. The zero-order valence-corrected chi connectivity index (χ0v) is 14.2. The van der Waals surface area contributed by atoms with Gasteiger partial charge in [0, 0.05) is 18.6 Å². The maximum Gasteiger partial charge on any atom is 0.315 e. The lowest BCUT2D eigenvalue weighted by Crippen LogP contribution is -2.49. The molecule has 2 amide bonds. The number of nitrogens with one attached hydrogen (secondary N) is 2. The van der Waals surface area contributed by atoms with Gasteiger partial charge in [0.25, 0.3) is 0 Å². The third-order valence-electron chi connectivity index (χ3n) is 5.33. The van der Waals surface area contributed by atoms with E-state index < -0.39 is 0 Å². The third-order valence-corrected chi connectivity index (χ3v) is 5.33. The fraction of sp³-hybridized carbons (Fsp3) is 0.450. The molecule has 2 aromatic rings. The van der Waals surface area contributed by atoms with E-state index in [0.29, 0.717) is 12.0 Å². The van der Waals surface area contributed by atoms with Crippen LogP contribution >= 0.6 is 0 Å². The highest BCUT2D eigenvalue weighted by atomic mass is 16.5. The summed E-state index contributed by atoms with van der Waals surface area (Å²) < 4.78 is 11.3. The smallest absolute Gasteiger partial charge is 0.315 e. The summed E-state index contributed by atoms with van der Waals surface area (Å²) in [6, 6.07) is 13.4. The average molecular weight is 340 g/mol. The minimum Gasteiger partial charge on any atom is -0.467 e. The van der Waals surface area contributed by atoms with E-state index in [1.807, 2.05) is 42.5 Å². The van der Waals surface area contributed by atoms with E-state index in [2.05, 4.69) is 10.6 Å². The van der Waals surface area contributed by atoms with Crippen molar-refractivity contribution in [1.82, 2.24) is 10.6 Å². The number of urea groups is 1. The van der Waals surface area contributed by atoms with Crippen LogP contribution < -0.4 is 10.6 Å². The zero-order valence-electron chi connectivity index (χ0n) is 14.2. The molecule has 4 unspecified atom stereocenters. The lowest BCUT2D eigenvalue weighted by atomic mass is 9.82. The molecular formula is C20H24N2O3. The van der Waals surface area contributed by atoms with Crippen molar-refractivity contribution < 1.29 is 13.9 Å². The number of hydrogen-bond acceptors (Lipinski definition) is 3. The summed E-state index contributed by atoms with van der Waals surface area (Å²) in [6.07, 6.45) is 6.22. The molecule has 132 valence electrons. The molecule has 1 saturated heterocycles. The van der Waals surface area contributed by atoms with Gasteiger partial charge in [-0.05, 0) is 43.4 Å². The maximum atomic E-state index is 12.7. The standard InChI is InChI=1S/C20H24N2O3/c23-20(21-16-8-4-9-17-15(16)11-13-25-17)22-19(18-10-5-12-24-18)14-6-2-1-3-7-14/h1-3,5-7,10,12,15-17,19H,4,8-9,11,13H2,(H2,21,22,23). The SMILES string of the molecule is O=C(NC(c1ccccc1)c1ccco1)NC1CCCC2OCCC12. The van der Waals surface area contributed by atoms with Gasteiger partial charge in [0.15, 0.2) is 0 Å². The summed E-state index contributed by atoms with van der Waals surface area (Å²) in [7, 11) is 0. The second kappa shape index (κ2) is 7.31. The van der Waals surface area contributed by atoms with E-state index in [9.17, 15) is 4.79 Å². The first-order chi connectivity index (χ1) is 12.3. The summed E-state index contributed by atoms with van der Waals surface area (Å²) in [6.45, 7) is 0.814. The molecule has 1 aromatic heterocycles. The first kappa shape index (κ1) is 16.2. The topological polar surface area (TPSA) is 63.5 Å². The molecule has 2 heterocycles. The molecule has 1 saturated carbocycles. The van der Waals surface area contributed by atoms with E-state index in [1.165, 1.54) is 0 Å². The van der Waals surface area contributed by atoms with Crippen molar-refractivity contribution in [3.63, 3.8) is 0 Å². The van der Waals surface area contributed by atoms with Gasteiger partial charge in [-0.1, -0.05) is 30.3 Å². The molecule has 4 atom stereocenters. The van der Waals surface area contributed by atoms with Crippen LogP contribution in [0.15, 0.2) is 53.1 Å². The molecule has 0 spiro atoms. The number of carbonyl (C=O) groups excluding carboxylic acids is 1. The van der Waals surface area contributed by atoms with E-state index >= 15 is 0 Å². The van der Waals surface area contributed by atoms with Crippen LogP contribution in [-0.4, -0.2) is 24.8 Å². The number of fused-ring (bicyclic) bond motifs is 1. The Morgan fingerprint density at radius 3 is 2.76 bits per heavy atom. The Morgan fingerprint density at radius 2 is 1.96 bits per heavy atom. The molecule has 1 aliphatic carbocycles. The monoisotopic (exact) mass is 340 g/mol. The van der Waals surface area contributed by atoms with Crippen LogP contribution in [0.3, 0.4) is 0 Å². The molecule has 1 aromatic carbocycles. The minimum absolute atomic E-state index is 0.150. The van der Waals surface area contributed by atoms with Gasteiger partial charge >= 0.3 is 6.03 Å². The van der Waals surface area contributed by atoms with Gasteiger partial charge in [-0.3, -0.25) is 0 Å². The third kappa shape index (κ3) is 3.56. The highest BCUT2D eigenvalue weighted by Crippen LogP contribution is 2.34. The molecule has 25 heavy (non-hydrogen) atoms. The Bertz CT molecular complexity index is 686. The molecule has 2 aliphatic rings. The lowest BCUT2D eigenvalue weighted by molar-refractivity contribution is 0.0549. The second-order valence-corrected chi connectivity index (χ2v) is 6.88. The molecule has 0 radical (unpaired) electrons. The first-order valence-corrected chi connectivity index (χ1v) is 9.08. The average Bonchev–Trinajstić information content (AvgIpc) is 3.32. The Labute approximate surface area is 147 Å². The van der Waals surface area contributed by atoms with Crippen LogP contribution in [0.1, 0.15) is 43.0 Å². The molecule has 4 rings (SSSR count). The van der Waals surface area contributed by atoms with Crippen molar-refractivity contribution in [3.8, 4) is 0 Å². The van der Waals surface area contributed by atoms with Gasteiger partial charge in [-0.2, -0.15) is 0 Å². The fourth-order valence-electron chi connectivity index (χ4n) is 4.12. The molecule has 5 nitrogen and oxygen atoms in total. The maximum absolute atomic E-state index is 12.7. The molecule has 1 aliphatic heterocycles. The van der Waals surface area contributed by atoms with Crippen molar-refractivity contribution in [3.05, 3.63) is 60.1 Å².